The summed E-state index contributed by atoms with van der Waals surface area (Å²) < 4.78 is 17.2. The Morgan fingerprint density at radius 3 is 2.90 bits per heavy atom. The van der Waals surface area contributed by atoms with Gasteiger partial charge in [0.25, 0.3) is 0 Å². The molecule has 0 saturated heterocycles. The molecule has 104 valence electrons. The summed E-state index contributed by atoms with van der Waals surface area (Å²) in [6, 6.07) is 8.54. The van der Waals surface area contributed by atoms with Gasteiger partial charge in [-0.2, -0.15) is 9.64 Å². The highest BCUT2D eigenvalue weighted by molar-refractivity contribution is 7.10. The van der Waals surface area contributed by atoms with Gasteiger partial charge in [-0.3, -0.25) is 0 Å². The average molecular weight is 310 g/mol. The Morgan fingerprint density at radius 1 is 1.50 bits per heavy atom. The number of benzene rings is 1. The summed E-state index contributed by atoms with van der Waals surface area (Å²) in [6.45, 7) is 4.55. The molecule has 0 bridgehead atoms. The zero-order chi connectivity index (χ0) is 14.8. The van der Waals surface area contributed by atoms with Gasteiger partial charge in [-0.25, -0.2) is 4.39 Å². The van der Waals surface area contributed by atoms with Crippen molar-refractivity contribution >= 4 is 28.1 Å². The minimum Gasteiger partial charge on any atom is -0.374 e. The Labute approximate surface area is 126 Å². The van der Waals surface area contributed by atoms with Crippen LogP contribution in [0.2, 0.25) is 5.15 Å². The largest absolute Gasteiger partial charge is 0.374 e. The van der Waals surface area contributed by atoms with E-state index in [0.717, 1.165) is 17.1 Å². The highest BCUT2D eigenvalue weighted by Crippen LogP contribution is 2.30. The van der Waals surface area contributed by atoms with Crippen molar-refractivity contribution in [2.75, 3.05) is 11.9 Å². The second-order valence-corrected chi connectivity index (χ2v) is 6.17. The molecule has 2 aromatic rings. The molecule has 0 amide bonds. The van der Waals surface area contributed by atoms with E-state index in [0.29, 0.717) is 17.1 Å². The van der Waals surface area contributed by atoms with Gasteiger partial charge in [-0.1, -0.05) is 37.6 Å². The van der Waals surface area contributed by atoms with E-state index in [1.54, 1.807) is 6.07 Å². The molecule has 1 heterocycles. The predicted molar refractivity (Wildman–Crippen MR) is 79.8 cm³/mol. The fourth-order valence-corrected chi connectivity index (χ4v) is 2.73. The summed E-state index contributed by atoms with van der Waals surface area (Å²) in [7, 11) is 0. The van der Waals surface area contributed by atoms with Gasteiger partial charge in [0.15, 0.2) is 5.15 Å². The van der Waals surface area contributed by atoms with E-state index < -0.39 is 0 Å². The lowest BCUT2D eigenvalue weighted by Gasteiger charge is -2.25. The maximum Gasteiger partial charge on any atom is 0.162 e. The lowest BCUT2D eigenvalue weighted by molar-refractivity contribution is 0.547. The molecule has 0 aliphatic heterocycles. The molecule has 0 spiro atoms. The van der Waals surface area contributed by atoms with Gasteiger partial charge in [-0.05, 0) is 29.2 Å². The van der Waals surface area contributed by atoms with E-state index in [1.165, 1.54) is 12.1 Å². The molecule has 20 heavy (non-hydrogen) atoms. The van der Waals surface area contributed by atoms with Crippen LogP contribution in [0.15, 0.2) is 24.3 Å². The molecule has 0 aliphatic rings. The lowest BCUT2D eigenvalue weighted by Crippen LogP contribution is -2.27. The van der Waals surface area contributed by atoms with Crippen LogP contribution in [-0.4, -0.2) is 10.9 Å². The number of halogens is 2. The molecule has 6 heteroatoms. The van der Waals surface area contributed by atoms with Crippen molar-refractivity contribution in [2.45, 2.75) is 19.3 Å². The third-order valence-electron chi connectivity index (χ3n) is 3.06. The second kappa shape index (κ2) is 5.78. The standard InChI is InChI=1S/C14H13ClFN3S/c1-14(2,9-4-3-5-10(16)6-9)8-18-13-11(7-17)12(15)19-20-13/h3-6,18H,8H2,1-2H3. The number of nitriles is 1. The Balaban J connectivity index is 2.15. The van der Waals surface area contributed by atoms with Crippen molar-refractivity contribution < 1.29 is 4.39 Å². The predicted octanol–water partition coefficient (Wildman–Crippen LogP) is 4.20. The van der Waals surface area contributed by atoms with E-state index in [-0.39, 0.29) is 16.4 Å². The van der Waals surface area contributed by atoms with Gasteiger partial charge in [-0.15, -0.1) is 0 Å². The first-order valence-corrected chi connectivity index (χ1v) is 7.14. The van der Waals surface area contributed by atoms with Crippen molar-refractivity contribution in [3.8, 4) is 6.07 Å². The van der Waals surface area contributed by atoms with Crippen molar-refractivity contribution in [2.24, 2.45) is 0 Å². The number of rotatable bonds is 4. The Hall–Kier alpha value is -1.64. The van der Waals surface area contributed by atoms with E-state index in [2.05, 4.69) is 9.69 Å². The van der Waals surface area contributed by atoms with Crippen LogP contribution < -0.4 is 5.32 Å². The van der Waals surface area contributed by atoms with Gasteiger partial charge < -0.3 is 5.32 Å². The number of nitrogens with zero attached hydrogens (tertiary/aromatic N) is 2. The third kappa shape index (κ3) is 3.09. The van der Waals surface area contributed by atoms with Crippen molar-refractivity contribution in [1.82, 2.24) is 4.37 Å². The molecule has 3 nitrogen and oxygen atoms in total. The maximum atomic E-state index is 13.3. The van der Waals surface area contributed by atoms with Gasteiger partial charge in [0, 0.05) is 12.0 Å². The molecule has 0 atom stereocenters. The van der Waals surface area contributed by atoms with Gasteiger partial charge in [0.2, 0.25) is 0 Å². The van der Waals surface area contributed by atoms with Crippen LogP contribution in [0.1, 0.15) is 25.0 Å². The van der Waals surface area contributed by atoms with E-state index >= 15 is 0 Å². The summed E-state index contributed by atoms with van der Waals surface area (Å²) in [5, 5.41) is 13.0. The van der Waals surface area contributed by atoms with E-state index in [9.17, 15) is 4.39 Å². The van der Waals surface area contributed by atoms with Gasteiger partial charge in [0.1, 0.15) is 22.5 Å². The average Bonchev–Trinajstić information content (AvgIpc) is 2.77. The summed E-state index contributed by atoms with van der Waals surface area (Å²) in [5.74, 6) is -0.255. The van der Waals surface area contributed by atoms with Crippen molar-refractivity contribution in [1.29, 1.82) is 5.26 Å². The number of hydrogen-bond acceptors (Lipinski definition) is 4. The molecule has 1 aromatic carbocycles. The first-order valence-electron chi connectivity index (χ1n) is 5.99. The molecule has 0 unspecified atom stereocenters. The normalized spacial score (nSPS) is 11.2. The molecule has 1 aromatic heterocycles. The molecule has 0 saturated carbocycles. The Kier molecular flexibility index (Phi) is 4.26. The maximum absolute atomic E-state index is 13.3. The minimum atomic E-state index is -0.286. The monoisotopic (exact) mass is 309 g/mol. The van der Waals surface area contributed by atoms with Crippen LogP contribution in [-0.2, 0) is 5.41 Å². The minimum absolute atomic E-state index is 0.212. The molecule has 0 fully saturated rings. The molecular weight excluding hydrogens is 297 g/mol. The molecule has 0 aliphatic carbocycles. The van der Waals surface area contributed by atoms with Crippen LogP contribution >= 0.6 is 23.1 Å². The summed E-state index contributed by atoms with van der Waals surface area (Å²) in [6.07, 6.45) is 0. The fourth-order valence-electron chi connectivity index (χ4n) is 1.80. The quantitative estimate of drug-likeness (QED) is 0.921. The van der Waals surface area contributed by atoms with Gasteiger partial charge >= 0.3 is 0 Å². The van der Waals surface area contributed by atoms with Crippen LogP contribution in [0.4, 0.5) is 9.39 Å². The Morgan fingerprint density at radius 2 is 2.25 bits per heavy atom. The summed E-state index contributed by atoms with van der Waals surface area (Å²) >= 11 is 6.97. The Bertz CT molecular complexity index is 661. The van der Waals surface area contributed by atoms with Crippen LogP contribution in [0.25, 0.3) is 0 Å². The van der Waals surface area contributed by atoms with Crippen LogP contribution in [0.3, 0.4) is 0 Å². The zero-order valence-electron chi connectivity index (χ0n) is 11.1. The smallest absolute Gasteiger partial charge is 0.162 e. The number of nitrogens with one attached hydrogen (secondary N) is 1. The van der Waals surface area contributed by atoms with Crippen LogP contribution in [0, 0.1) is 17.1 Å². The van der Waals surface area contributed by atoms with Crippen LogP contribution in [0.5, 0.6) is 0 Å². The van der Waals surface area contributed by atoms with Crippen molar-refractivity contribution in [3.05, 3.63) is 46.4 Å². The molecule has 2 rings (SSSR count). The second-order valence-electron chi connectivity index (χ2n) is 5.04. The first kappa shape index (κ1) is 14.8. The van der Waals surface area contributed by atoms with E-state index in [1.807, 2.05) is 26.0 Å². The van der Waals surface area contributed by atoms with Gasteiger partial charge in [0.05, 0.1) is 0 Å². The van der Waals surface area contributed by atoms with Crippen molar-refractivity contribution in [3.63, 3.8) is 0 Å². The first-order chi connectivity index (χ1) is 9.44. The summed E-state index contributed by atoms with van der Waals surface area (Å²) in [4.78, 5) is 0. The fraction of sp³-hybridized carbons (Fsp3) is 0.286. The molecule has 1 N–H and O–H groups in total. The zero-order valence-corrected chi connectivity index (χ0v) is 12.6. The third-order valence-corrected chi connectivity index (χ3v) is 4.24. The highest BCUT2D eigenvalue weighted by atomic mass is 35.5. The summed E-state index contributed by atoms with van der Waals surface area (Å²) in [5.41, 5.74) is 0.955. The van der Waals surface area contributed by atoms with E-state index in [4.69, 9.17) is 16.9 Å². The lowest BCUT2D eigenvalue weighted by atomic mass is 9.84. The SMILES string of the molecule is CC(C)(CNc1snc(Cl)c1C#N)c1cccc(F)c1. The topological polar surface area (TPSA) is 48.7 Å². The molecular formula is C14H13ClFN3S. The number of hydrogen-bond donors (Lipinski definition) is 1. The highest BCUT2D eigenvalue weighted by Gasteiger charge is 2.22. The number of anilines is 1. The number of aromatic nitrogens is 1. The molecule has 0 radical (unpaired) electrons.